The van der Waals surface area contributed by atoms with Gasteiger partial charge in [-0.15, -0.1) is 11.3 Å². The lowest BCUT2D eigenvalue weighted by Gasteiger charge is -2.35. The highest BCUT2D eigenvalue weighted by Gasteiger charge is 2.38. The largest absolute Gasteiger partial charge is 0.447 e. The molecule has 0 radical (unpaired) electrons. The Morgan fingerprint density at radius 3 is 3.12 bits per heavy atom. The molecule has 2 aliphatic rings. The number of piperazine rings is 1. The number of benzene rings is 1. The summed E-state index contributed by atoms with van der Waals surface area (Å²) in [4.78, 5) is 31.8. The smallest absolute Gasteiger partial charge is 0.410 e. The van der Waals surface area contributed by atoms with E-state index in [1.165, 1.54) is 4.70 Å². The summed E-state index contributed by atoms with van der Waals surface area (Å²) in [6.07, 6.45) is 0.451. The van der Waals surface area contributed by atoms with Gasteiger partial charge in [-0.2, -0.15) is 0 Å². The van der Waals surface area contributed by atoms with Crippen molar-refractivity contribution in [1.82, 2.24) is 20.1 Å². The maximum Gasteiger partial charge on any atom is 0.410 e. The molecule has 0 unspecified atom stereocenters. The molecule has 2 saturated heterocycles. The first kappa shape index (κ1) is 15.2. The third-order valence-corrected chi connectivity index (χ3v) is 5.45. The number of nitrogens with one attached hydrogen (secondary N) is 1. The summed E-state index contributed by atoms with van der Waals surface area (Å²) < 4.78 is 6.18. The second kappa shape index (κ2) is 6.27. The van der Waals surface area contributed by atoms with E-state index in [-0.39, 0.29) is 18.2 Å². The maximum absolute atomic E-state index is 12.3. The molecule has 4 rings (SSSR count). The van der Waals surface area contributed by atoms with Gasteiger partial charge < -0.3 is 15.0 Å². The fourth-order valence-electron chi connectivity index (χ4n) is 3.09. The topological polar surface area (TPSA) is 74.8 Å². The molecule has 1 aromatic carbocycles. The molecule has 2 fully saturated rings. The Labute approximate surface area is 143 Å². The molecule has 1 atom stereocenters. The van der Waals surface area contributed by atoms with Crippen LogP contribution in [-0.4, -0.2) is 65.7 Å². The number of fused-ring (bicyclic) bond motifs is 2. The second-order valence-corrected chi connectivity index (χ2v) is 7.04. The van der Waals surface area contributed by atoms with Crippen LogP contribution in [0.2, 0.25) is 0 Å². The first-order chi connectivity index (χ1) is 11.7. The molecule has 0 spiro atoms. The third kappa shape index (κ3) is 2.89. The zero-order valence-electron chi connectivity index (χ0n) is 13.1. The molecule has 2 aliphatic heterocycles. The molecule has 126 valence electrons. The standard InChI is InChI=1S/C16H18N4O3S/c21-15(19-7-8-20-11(9-19)10-23-16(20)22)17-6-5-14-18-12-3-1-2-4-13(12)24-14/h1-4,11H,5-10H2,(H,17,21)/t11-/m1/s1. The lowest BCUT2D eigenvalue weighted by Crippen LogP contribution is -2.56. The van der Waals surface area contributed by atoms with Gasteiger partial charge >= 0.3 is 12.1 Å². The number of para-hydroxylation sites is 1. The fourth-order valence-corrected chi connectivity index (χ4v) is 4.06. The van der Waals surface area contributed by atoms with Crippen molar-refractivity contribution < 1.29 is 14.3 Å². The highest BCUT2D eigenvalue weighted by Crippen LogP contribution is 2.21. The maximum atomic E-state index is 12.3. The lowest BCUT2D eigenvalue weighted by atomic mass is 10.2. The Balaban J connectivity index is 1.28. The van der Waals surface area contributed by atoms with Gasteiger partial charge in [0.25, 0.3) is 0 Å². The van der Waals surface area contributed by atoms with Crippen molar-refractivity contribution in [3.63, 3.8) is 0 Å². The summed E-state index contributed by atoms with van der Waals surface area (Å²) in [6.45, 7) is 2.53. The lowest BCUT2D eigenvalue weighted by molar-refractivity contribution is 0.127. The number of hydrogen-bond donors (Lipinski definition) is 1. The zero-order chi connectivity index (χ0) is 16.5. The monoisotopic (exact) mass is 346 g/mol. The number of rotatable bonds is 3. The van der Waals surface area contributed by atoms with E-state index >= 15 is 0 Å². The summed E-state index contributed by atoms with van der Waals surface area (Å²) in [6, 6.07) is 7.93. The minimum Gasteiger partial charge on any atom is -0.447 e. The van der Waals surface area contributed by atoms with Crippen LogP contribution in [0.1, 0.15) is 5.01 Å². The van der Waals surface area contributed by atoms with Gasteiger partial charge in [-0.05, 0) is 12.1 Å². The van der Waals surface area contributed by atoms with Crippen molar-refractivity contribution >= 4 is 33.7 Å². The van der Waals surface area contributed by atoms with Crippen molar-refractivity contribution in [3.8, 4) is 0 Å². The summed E-state index contributed by atoms with van der Waals surface area (Å²) in [5, 5.41) is 3.97. The number of hydrogen-bond acceptors (Lipinski definition) is 5. The predicted octanol–water partition coefficient (Wildman–Crippen LogP) is 1.68. The normalized spacial score (nSPS) is 20.2. The Morgan fingerprint density at radius 2 is 2.25 bits per heavy atom. The Morgan fingerprint density at radius 1 is 1.38 bits per heavy atom. The van der Waals surface area contributed by atoms with E-state index in [0.717, 1.165) is 16.9 Å². The minimum absolute atomic E-state index is 0.0127. The average molecular weight is 346 g/mol. The molecule has 1 aromatic heterocycles. The van der Waals surface area contributed by atoms with Crippen molar-refractivity contribution in [2.75, 3.05) is 32.8 Å². The molecule has 7 nitrogen and oxygen atoms in total. The molecule has 0 saturated carbocycles. The molecule has 2 aromatic rings. The molecule has 24 heavy (non-hydrogen) atoms. The average Bonchev–Trinajstić information content (AvgIpc) is 3.17. The summed E-state index contributed by atoms with van der Waals surface area (Å²) in [5.74, 6) is 0. The van der Waals surface area contributed by atoms with E-state index in [4.69, 9.17) is 4.74 Å². The molecule has 8 heteroatoms. The van der Waals surface area contributed by atoms with Crippen molar-refractivity contribution in [2.24, 2.45) is 0 Å². The molecule has 3 amide bonds. The van der Waals surface area contributed by atoms with E-state index in [2.05, 4.69) is 16.4 Å². The molecule has 0 bridgehead atoms. The number of carbonyl (C=O) groups is 2. The van der Waals surface area contributed by atoms with Crippen molar-refractivity contribution in [2.45, 2.75) is 12.5 Å². The first-order valence-corrected chi connectivity index (χ1v) is 8.83. The highest BCUT2D eigenvalue weighted by molar-refractivity contribution is 7.18. The number of carbonyl (C=O) groups excluding carboxylic acids is 2. The van der Waals surface area contributed by atoms with Crippen LogP contribution in [0.4, 0.5) is 9.59 Å². The van der Waals surface area contributed by atoms with Crippen LogP contribution in [0.5, 0.6) is 0 Å². The number of aromatic nitrogens is 1. The minimum atomic E-state index is -0.268. The Hall–Kier alpha value is -2.35. The molecule has 1 N–H and O–H groups in total. The van der Waals surface area contributed by atoms with E-state index in [1.54, 1.807) is 21.1 Å². The van der Waals surface area contributed by atoms with Crippen LogP contribution in [0.15, 0.2) is 24.3 Å². The first-order valence-electron chi connectivity index (χ1n) is 8.01. The van der Waals surface area contributed by atoms with Gasteiger partial charge in [0.15, 0.2) is 0 Å². The third-order valence-electron chi connectivity index (χ3n) is 4.36. The molecular weight excluding hydrogens is 328 g/mol. The van der Waals surface area contributed by atoms with Crippen LogP contribution in [0.3, 0.4) is 0 Å². The molecule has 0 aliphatic carbocycles. The van der Waals surface area contributed by atoms with E-state index in [0.29, 0.717) is 32.8 Å². The number of nitrogens with zero attached hydrogens (tertiary/aromatic N) is 3. The van der Waals surface area contributed by atoms with Gasteiger partial charge in [0.05, 0.1) is 21.3 Å². The Bertz CT molecular complexity index is 745. The van der Waals surface area contributed by atoms with E-state index in [1.807, 2.05) is 18.2 Å². The van der Waals surface area contributed by atoms with Crippen LogP contribution in [0, 0.1) is 0 Å². The van der Waals surface area contributed by atoms with Crippen molar-refractivity contribution in [3.05, 3.63) is 29.3 Å². The fraction of sp³-hybridized carbons (Fsp3) is 0.438. The van der Waals surface area contributed by atoms with Crippen LogP contribution < -0.4 is 5.32 Å². The van der Waals surface area contributed by atoms with E-state index in [9.17, 15) is 9.59 Å². The number of thiazole rings is 1. The van der Waals surface area contributed by atoms with Gasteiger partial charge in [0.2, 0.25) is 0 Å². The van der Waals surface area contributed by atoms with Crippen LogP contribution >= 0.6 is 11.3 Å². The van der Waals surface area contributed by atoms with Gasteiger partial charge in [0, 0.05) is 32.6 Å². The van der Waals surface area contributed by atoms with Gasteiger partial charge in [0.1, 0.15) is 6.61 Å². The highest BCUT2D eigenvalue weighted by atomic mass is 32.1. The van der Waals surface area contributed by atoms with E-state index < -0.39 is 0 Å². The van der Waals surface area contributed by atoms with Gasteiger partial charge in [-0.3, -0.25) is 4.90 Å². The van der Waals surface area contributed by atoms with Gasteiger partial charge in [-0.1, -0.05) is 12.1 Å². The number of urea groups is 1. The predicted molar refractivity (Wildman–Crippen MR) is 90.1 cm³/mol. The zero-order valence-corrected chi connectivity index (χ0v) is 13.9. The summed E-state index contributed by atoms with van der Waals surface area (Å²) in [5.41, 5.74) is 1.01. The number of ether oxygens (including phenoxy) is 1. The summed E-state index contributed by atoms with van der Waals surface area (Å²) in [7, 11) is 0. The SMILES string of the molecule is O=C(NCCc1nc2ccccc2s1)N1CCN2C(=O)OC[C@H]2C1. The number of amides is 3. The van der Waals surface area contributed by atoms with Crippen LogP contribution in [0.25, 0.3) is 10.2 Å². The Kier molecular flexibility index (Phi) is 3.97. The van der Waals surface area contributed by atoms with Crippen LogP contribution in [-0.2, 0) is 11.2 Å². The molecular formula is C16H18N4O3S. The van der Waals surface area contributed by atoms with Crippen molar-refractivity contribution in [1.29, 1.82) is 0 Å². The summed E-state index contributed by atoms with van der Waals surface area (Å²) >= 11 is 1.66. The quantitative estimate of drug-likeness (QED) is 0.918. The molecule has 3 heterocycles. The second-order valence-electron chi connectivity index (χ2n) is 5.93. The number of cyclic esters (lactones) is 1. The van der Waals surface area contributed by atoms with Gasteiger partial charge in [-0.25, -0.2) is 14.6 Å².